The Labute approximate surface area is 72.4 Å². The Morgan fingerprint density at radius 1 is 1.17 bits per heavy atom. The third-order valence-electron chi connectivity index (χ3n) is 2.11. The largest absolute Gasteiger partial charge is 0.415 e. The molecule has 74 valence electrons. The van der Waals surface area contributed by atoms with E-state index in [1.807, 2.05) is 0 Å². The van der Waals surface area contributed by atoms with Crippen molar-refractivity contribution >= 4 is 8.32 Å². The molecule has 0 aliphatic heterocycles. The zero-order chi connectivity index (χ0) is 9.78. The molecule has 0 saturated heterocycles. The predicted octanol–water partition coefficient (Wildman–Crippen LogP) is -2.01. The van der Waals surface area contributed by atoms with Gasteiger partial charge in [0, 0.05) is 7.11 Å². The monoisotopic (exact) mass is 196 g/mol. The van der Waals surface area contributed by atoms with Crippen molar-refractivity contribution in [3.05, 3.63) is 0 Å². The standard InChI is InChI=1S/C6H16O5Si/c1-11-12(2,5(9)3-7)6(10)4-8/h5-10H,3-4H2,1-2H3. The minimum atomic E-state index is -2.82. The first kappa shape index (κ1) is 12.0. The van der Waals surface area contributed by atoms with Crippen LogP contribution in [-0.2, 0) is 4.43 Å². The van der Waals surface area contributed by atoms with Gasteiger partial charge in [-0.3, -0.25) is 0 Å². The second kappa shape index (κ2) is 4.90. The molecule has 0 aromatic heterocycles. The molecule has 0 amide bonds. The van der Waals surface area contributed by atoms with Gasteiger partial charge in [0.05, 0.1) is 24.7 Å². The Bertz CT molecular complexity index is 121. The third-order valence-corrected chi connectivity index (χ3v) is 6.00. The van der Waals surface area contributed by atoms with E-state index in [1.165, 1.54) is 7.11 Å². The maximum absolute atomic E-state index is 9.29. The first-order valence-corrected chi connectivity index (χ1v) is 6.22. The van der Waals surface area contributed by atoms with Gasteiger partial charge < -0.3 is 24.9 Å². The number of hydrogen-bond donors (Lipinski definition) is 4. The van der Waals surface area contributed by atoms with Crippen molar-refractivity contribution in [2.24, 2.45) is 0 Å². The lowest BCUT2D eigenvalue weighted by atomic mass is 10.8. The highest BCUT2D eigenvalue weighted by atomic mass is 28.4. The molecule has 0 heterocycles. The van der Waals surface area contributed by atoms with E-state index in [1.54, 1.807) is 6.55 Å². The Morgan fingerprint density at radius 3 is 1.67 bits per heavy atom. The molecule has 0 saturated carbocycles. The highest BCUT2D eigenvalue weighted by molar-refractivity contribution is 6.75. The summed E-state index contributed by atoms with van der Waals surface area (Å²) in [5.41, 5.74) is -2.16. The maximum Gasteiger partial charge on any atom is 0.249 e. The van der Waals surface area contributed by atoms with E-state index < -0.39 is 33.0 Å². The summed E-state index contributed by atoms with van der Waals surface area (Å²) in [6.45, 7) is 0.621. The van der Waals surface area contributed by atoms with Crippen LogP contribution in [0.2, 0.25) is 6.55 Å². The van der Waals surface area contributed by atoms with E-state index in [0.29, 0.717) is 0 Å². The molecular weight excluding hydrogens is 180 g/mol. The number of rotatable bonds is 5. The SMILES string of the molecule is CO[Si](C)(C(O)CO)C(O)CO. The van der Waals surface area contributed by atoms with Crippen LogP contribution in [0.1, 0.15) is 0 Å². The Morgan fingerprint density at radius 2 is 1.50 bits per heavy atom. The van der Waals surface area contributed by atoms with Gasteiger partial charge in [0.2, 0.25) is 8.32 Å². The fraction of sp³-hybridized carbons (Fsp3) is 1.00. The molecular formula is C6H16O5Si. The fourth-order valence-electron chi connectivity index (χ4n) is 0.857. The summed E-state index contributed by atoms with van der Waals surface area (Å²) in [4.78, 5) is 0. The smallest absolute Gasteiger partial charge is 0.249 e. The molecule has 0 aliphatic rings. The van der Waals surface area contributed by atoms with Crippen molar-refractivity contribution < 1.29 is 24.9 Å². The predicted molar refractivity (Wildman–Crippen MR) is 44.8 cm³/mol. The summed E-state index contributed by atoms with van der Waals surface area (Å²) in [5, 5.41) is 35.9. The summed E-state index contributed by atoms with van der Waals surface area (Å²) in [6.07, 6.45) is 0. The van der Waals surface area contributed by atoms with Crippen LogP contribution in [0.15, 0.2) is 0 Å². The van der Waals surface area contributed by atoms with Gasteiger partial charge in [-0.05, 0) is 6.55 Å². The molecule has 0 radical (unpaired) electrons. The van der Waals surface area contributed by atoms with Gasteiger partial charge in [-0.25, -0.2) is 0 Å². The molecule has 2 atom stereocenters. The first-order valence-electron chi connectivity index (χ1n) is 3.66. The lowest BCUT2D eigenvalue weighted by Crippen LogP contribution is -2.59. The van der Waals surface area contributed by atoms with Crippen LogP contribution in [0.25, 0.3) is 0 Å². The molecule has 4 N–H and O–H groups in total. The number of hydrogen-bond acceptors (Lipinski definition) is 5. The van der Waals surface area contributed by atoms with Gasteiger partial charge in [-0.1, -0.05) is 0 Å². The topological polar surface area (TPSA) is 90.2 Å². The highest BCUT2D eigenvalue weighted by Gasteiger charge is 2.43. The van der Waals surface area contributed by atoms with Crippen LogP contribution in [0.5, 0.6) is 0 Å². The van der Waals surface area contributed by atoms with Gasteiger partial charge >= 0.3 is 0 Å². The maximum atomic E-state index is 9.29. The Kier molecular flexibility index (Phi) is 4.91. The number of aliphatic hydroxyl groups excluding tert-OH is 4. The zero-order valence-electron chi connectivity index (χ0n) is 7.27. The molecule has 0 fully saturated rings. The van der Waals surface area contributed by atoms with E-state index >= 15 is 0 Å². The Balaban J connectivity index is 4.42. The van der Waals surface area contributed by atoms with Crippen LogP contribution in [0, 0.1) is 0 Å². The number of aliphatic hydroxyl groups is 4. The molecule has 2 unspecified atom stereocenters. The van der Waals surface area contributed by atoms with E-state index in [0.717, 1.165) is 0 Å². The highest BCUT2D eigenvalue weighted by Crippen LogP contribution is 2.14. The average molecular weight is 196 g/mol. The van der Waals surface area contributed by atoms with Crippen LogP contribution >= 0.6 is 0 Å². The molecule has 12 heavy (non-hydrogen) atoms. The molecule has 6 heteroatoms. The molecule has 0 bridgehead atoms. The van der Waals surface area contributed by atoms with E-state index in [4.69, 9.17) is 14.6 Å². The van der Waals surface area contributed by atoms with Crippen LogP contribution in [0.4, 0.5) is 0 Å². The minimum absolute atomic E-state index is 0.465. The minimum Gasteiger partial charge on any atom is -0.415 e. The lowest BCUT2D eigenvalue weighted by molar-refractivity contribution is 0.0834. The second-order valence-electron chi connectivity index (χ2n) is 2.78. The van der Waals surface area contributed by atoms with Gasteiger partial charge in [0.15, 0.2) is 0 Å². The third kappa shape index (κ3) is 2.25. The van der Waals surface area contributed by atoms with Crippen molar-refractivity contribution in [2.75, 3.05) is 20.3 Å². The lowest BCUT2D eigenvalue weighted by Gasteiger charge is -2.32. The van der Waals surface area contributed by atoms with Crippen molar-refractivity contribution in [1.29, 1.82) is 0 Å². The van der Waals surface area contributed by atoms with Crippen LogP contribution in [-0.4, -0.2) is 60.5 Å². The fourth-order valence-corrected chi connectivity index (χ4v) is 2.57. The molecule has 0 aromatic rings. The summed E-state index contributed by atoms with van der Waals surface area (Å²) in [5.74, 6) is 0. The van der Waals surface area contributed by atoms with E-state index in [-0.39, 0.29) is 0 Å². The quantitative estimate of drug-likeness (QED) is 0.382. The van der Waals surface area contributed by atoms with Crippen LogP contribution in [0.3, 0.4) is 0 Å². The van der Waals surface area contributed by atoms with Crippen molar-refractivity contribution in [3.63, 3.8) is 0 Å². The van der Waals surface area contributed by atoms with Crippen molar-refractivity contribution in [2.45, 2.75) is 18.0 Å². The van der Waals surface area contributed by atoms with Crippen molar-refractivity contribution in [1.82, 2.24) is 0 Å². The Hall–Kier alpha value is 0.0169. The molecule has 5 nitrogen and oxygen atoms in total. The normalized spacial score (nSPS) is 21.5. The summed E-state index contributed by atoms with van der Waals surface area (Å²) in [6, 6.07) is 0. The van der Waals surface area contributed by atoms with E-state index in [2.05, 4.69) is 0 Å². The second-order valence-corrected chi connectivity index (χ2v) is 6.89. The van der Waals surface area contributed by atoms with Crippen LogP contribution < -0.4 is 0 Å². The zero-order valence-corrected chi connectivity index (χ0v) is 8.27. The van der Waals surface area contributed by atoms with Gasteiger partial charge in [-0.15, -0.1) is 0 Å². The first-order chi connectivity index (χ1) is 5.52. The molecule has 0 aromatic carbocycles. The summed E-state index contributed by atoms with van der Waals surface area (Å²) >= 11 is 0. The van der Waals surface area contributed by atoms with Gasteiger partial charge in [0.25, 0.3) is 0 Å². The van der Waals surface area contributed by atoms with Gasteiger partial charge in [0.1, 0.15) is 0 Å². The summed E-state index contributed by atoms with van der Waals surface area (Å²) in [7, 11) is -1.47. The van der Waals surface area contributed by atoms with Gasteiger partial charge in [-0.2, -0.15) is 0 Å². The molecule has 0 aliphatic carbocycles. The van der Waals surface area contributed by atoms with Crippen molar-refractivity contribution in [3.8, 4) is 0 Å². The molecule has 0 rings (SSSR count). The average Bonchev–Trinajstić information content (AvgIpc) is 2.13. The molecule has 0 spiro atoms. The van der Waals surface area contributed by atoms with E-state index in [9.17, 15) is 10.2 Å². The summed E-state index contributed by atoms with van der Waals surface area (Å²) < 4.78 is 4.96.